The number of methoxy groups -OCH3 is 1. The van der Waals surface area contributed by atoms with Crippen molar-refractivity contribution in [3.63, 3.8) is 0 Å². The first-order valence-corrected chi connectivity index (χ1v) is 11.6. The molecule has 1 aromatic rings. The van der Waals surface area contributed by atoms with Gasteiger partial charge in [0.05, 0.1) is 6.61 Å². The van der Waals surface area contributed by atoms with Crippen LogP contribution in [0.1, 0.15) is 39.5 Å². The third-order valence-corrected chi connectivity index (χ3v) is 8.37. The van der Waals surface area contributed by atoms with Crippen LogP contribution in [0.25, 0.3) is 0 Å². The number of amides is 1. The smallest absolute Gasteiger partial charge is 0.252 e. The van der Waals surface area contributed by atoms with Gasteiger partial charge in [0, 0.05) is 38.7 Å². The minimum atomic E-state index is -3.42. The number of sulfonamides is 1. The van der Waals surface area contributed by atoms with Gasteiger partial charge in [0.2, 0.25) is 5.91 Å². The topological polar surface area (TPSA) is 66.9 Å². The number of nitrogens with zero attached hydrogens (tertiary/aromatic N) is 2. The number of ether oxygens (including phenoxy) is 1. The fourth-order valence-corrected chi connectivity index (χ4v) is 6.12. The quantitative estimate of drug-likeness (QED) is 0.637. The summed E-state index contributed by atoms with van der Waals surface area (Å²) >= 11 is 1.24. The predicted octanol–water partition coefficient (Wildman–Crippen LogP) is 2.81. The zero-order chi connectivity index (χ0) is 19.2. The van der Waals surface area contributed by atoms with Crippen molar-refractivity contribution < 1.29 is 17.9 Å². The van der Waals surface area contributed by atoms with E-state index >= 15 is 0 Å². The van der Waals surface area contributed by atoms with Crippen molar-refractivity contribution in [2.24, 2.45) is 5.92 Å². The van der Waals surface area contributed by atoms with Crippen LogP contribution in [0.3, 0.4) is 0 Å². The number of carbonyl (C=O) groups is 1. The van der Waals surface area contributed by atoms with Gasteiger partial charge in [-0.1, -0.05) is 19.9 Å². The third-order valence-electron chi connectivity index (χ3n) is 5.10. The molecule has 0 saturated carbocycles. The van der Waals surface area contributed by atoms with Gasteiger partial charge in [-0.05, 0) is 37.1 Å². The third kappa shape index (κ3) is 4.85. The highest BCUT2D eigenvalue weighted by atomic mass is 32.2. The summed E-state index contributed by atoms with van der Waals surface area (Å²) in [7, 11) is -1.78. The van der Waals surface area contributed by atoms with Gasteiger partial charge in [-0.25, -0.2) is 8.42 Å². The highest BCUT2D eigenvalue weighted by Gasteiger charge is 2.35. The summed E-state index contributed by atoms with van der Waals surface area (Å²) in [5, 5.41) is 1.77. The Hall–Kier alpha value is -0.960. The van der Waals surface area contributed by atoms with Crippen molar-refractivity contribution >= 4 is 27.3 Å². The molecular weight excluding hydrogens is 372 g/mol. The molecule has 1 fully saturated rings. The van der Waals surface area contributed by atoms with Crippen LogP contribution in [-0.4, -0.2) is 62.9 Å². The Balaban J connectivity index is 2.01. The van der Waals surface area contributed by atoms with Crippen molar-refractivity contribution in [1.29, 1.82) is 0 Å². The Kier molecular flexibility index (Phi) is 8.06. The molecule has 1 saturated heterocycles. The fourth-order valence-electron chi connectivity index (χ4n) is 3.51. The largest absolute Gasteiger partial charge is 0.383 e. The number of carbonyl (C=O) groups excluding carboxylic acids is 1. The van der Waals surface area contributed by atoms with Crippen molar-refractivity contribution in [1.82, 2.24) is 9.21 Å². The standard InChI is InChI=1S/C18H30N2O4S2/c1-4-16(5-2)20(12-13-24-3)18(21)15-8-10-19(11-9-15)26(22,23)17-7-6-14-25-17/h6-7,14-16H,4-5,8-13H2,1-3H3. The SMILES string of the molecule is CCC(CC)N(CCOC)C(=O)C1CCN(S(=O)(=O)c2cccs2)CC1. The lowest BCUT2D eigenvalue weighted by Crippen LogP contribution is -2.48. The highest BCUT2D eigenvalue weighted by molar-refractivity contribution is 7.91. The van der Waals surface area contributed by atoms with E-state index in [1.165, 1.54) is 15.6 Å². The summed E-state index contributed by atoms with van der Waals surface area (Å²) in [6.07, 6.45) is 2.98. The van der Waals surface area contributed by atoms with Crippen LogP contribution in [0, 0.1) is 5.92 Å². The van der Waals surface area contributed by atoms with Gasteiger partial charge in [0.15, 0.2) is 0 Å². The molecule has 0 bridgehead atoms. The zero-order valence-electron chi connectivity index (χ0n) is 15.9. The van der Waals surface area contributed by atoms with Gasteiger partial charge in [-0.15, -0.1) is 11.3 Å². The molecule has 1 aliphatic heterocycles. The molecule has 0 radical (unpaired) electrons. The van der Waals surface area contributed by atoms with E-state index in [-0.39, 0.29) is 17.9 Å². The van der Waals surface area contributed by atoms with E-state index in [0.29, 0.717) is 43.3 Å². The zero-order valence-corrected chi connectivity index (χ0v) is 17.5. The van der Waals surface area contributed by atoms with Gasteiger partial charge in [-0.3, -0.25) is 4.79 Å². The maximum absolute atomic E-state index is 13.1. The van der Waals surface area contributed by atoms with E-state index in [2.05, 4.69) is 13.8 Å². The van der Waals surface area contributed by atoms with Crippen molar-refractivity contribution in [3.05, 3.63) is 17.5 Å². The van der Waals surface area contributed by atoms with Crippen LogP contribution in [0.15, 0.2) is 21.7 Å². The van der Waals surface area contributed by atoms with Crippen LogP contribution < -0.4 is 0 Å². The van der Waals surface area contributed by atoms with Gasteiger partial charge in [-0.2, -0.15) is 4.31 Å². The summed E-state index contributed by atoms with van der Waals surface area (Å²) < 4.78 is 32.3. The van der Waals surface area contributed by atoms with Gasteiger partial charge in [0.25, 0.3) is 10.0 Å². The number of hydrogen-bond donors (Lipinski definition) is 0. The molecule has 148 valence electrons. The Morgan fingerprint density at radius 1 is 1.35 bits per heavy atom. The molecule has 1 amide bonds. The first kappa shape index (κ1) is 21.3. The molecule has 0 aliphatic carbocycles. The summed E-state index contributed by atoms with van der Waals surface area (Å²) in [5.74, 6) is 0.0335. The first-order valence-electron chi connectivity index (χ1n) is 9.28. The molecule has 26 heavy (non-hydrogen) atoms. The number of thiophene rings is 1. The lowest BCUT2D eigenvalue weighted by molar-refractivity contribution is -0.140. The lowest BCUT2D eigenvalue weighted by Gasteiger charge is -2.36. The number of hydrogen-bond acceptors (Lipinski definition) is 5. The Morgan fingerprint density at radius 2 is 2.00 bits per heavy atom. The number of piperidine rings is 1. The summed E-state index contributed by atoms with van der Waals surface area (Å²) in [6, 6.07) is 3.60. The average molecular weight is 403 g/mol. The van der Waals surface area contributed by atoms with Crippen LogP contribution >= 0.6 is 11.3 Å². The summed E-state index contributed by atoms with van der Waals surface area (Å²) in [4.78, 5) is 15.0. The molecule has 0 atom stereocenters. The normalized spacial score (nSPS) is 16.9. The van der Waals surface area contributed by atoms with E-state index in [1.54, 1.807) is 24.6 Å². The first-order chi connectivity index (χ1) is 12.5. The maximum Gasteiger partial charge on any atom is 0.252 e. The molecule has 8 heteroatoms. The predicted molar refractivity (Wildman–Crippen MR) is 104 cm³/mol. The van der Waals surface area contributed by atoms with E-state index in [1.807, 2.05) is 4.90 Å². The van der Waals surface area contributed by atoms with Crippen molar-refractivity contribution in [2.75, 3.05) is 33.4 Å². The summed E-state index contributed by atoms with van der Waals surface area (Å²) in [6.45, 7) is 6.10. The van der Waals surface area contributed by atoms with E-state index in [9.17, 15) is 13.2 Å². The molecule has 6 nitrogen and oxygen atoms in total. The Labute approximate surface area is 161 Å². The maximum atomic E-state index is 13.1. The monoisotopic (exact) mass is 402 g/mol. The van der Waals surface area contributed by atoms with Gasteiger partial charge < -0.3 is 9.64 Å². The Morgan fingerprint density at radius 3 is 2.50 bits per heavy atom. The molecule has 0 aromatic carbocycles. The van der Waals surface area contributed by atoms with Crippen molar-refractivity contribution in [3.8, 4) is 0 Å². The molecule has 0 N–H and O–H groups in total. The van der Waals surface area contributed by atoms with Crippen LogP contribution in [0.4, 0.5) is 0 Å². The minimum Gasteiger partial charge on any atom is -0.383 e. The molecule has 0 spiro atoms. The molecule has 1 aromatic heterocycles. The van der Waals surface area contributed by atoms with E-state index < -0.39 is 10.0 Å². The van der Waals surface area contributed by atoms with Gasteiger partial charge in [0.1, 0.15) is 4.21 Å². The van der Waals surface area contributed by atoms with E-state index in [0.717, 1.165) is 12.8 Å². The van der Waals surface area contributed by atoms with Crippen LogP contribution in [0.2, 0.25) is 0 Å². The van der Waals surface area contributed by atoms with Crippen molar-refractivity contribution in [2.45, 2.75) is 49.8 Å². The molecule has 1 aliphatic rings. The summed E-state index contributed by atoms with van der Waals surface area (Å²) in [5.41, 5.74) is 0. The second kappa shape index (κ2) is 9.82. The molecule has 0 unspecified atom stereocenters. The second-order valence-corrected chi connectivity index (χ2v) is 9.72. The Bertz CT molecular complexity index is 649. The molecule has 2 rings (SSSR count). The average Bonchev–Trinajstić information content (AvgIpc) is 3.20. The van der Waals surface area contributed by atoms with Crippen LogP contribution in [-0.2, 0) is 19.6 Å². The lowest BCUT2D eigenvalue weighted by atomic mass is 9.95. The highest BCUT2D eigenvalue weighted by Crippen LogP contribution is 2.28. The van der Waals surface area contributed by atoms with Crippen LogP contribution in [0.5, 0.6) is 0 Å². The number of rotatable bonds is 9. The molecule has 2 heterocycles. The second-order valence-electron chi connectivity index (χ2n) is 6.61. The minimum absolute atomic E-state index is 0.109. The van der Waals surface area contributed by atoms with Gasteiger partial charge >= 0.3 is 0 Å². The molecular formula is C18H30N2O4S2. The van der Waals surface area contributed by atoms with E-state index in [4.69, 9.17) is 4.74 Å². The fraction of sp³-hybridized carbons (Fsp3) is 0.722.